The number of carboxylic acids is 1. The van der Waals surface area contributed by atoms with Gasteiger partial charge in [0.1, 0.15) is 5.01 Å². The summed E-state index contributed by atoms with van der Waals surface area (Å²) in [5.41, 5.74) is 1.04. The average molecular weight is 197 g/mol. The van der Waals surface area contributed by atoms with E-state index in [1.807, 2.05) is 5.38 Å². The first kappa shape index (κ1) is 9.92. The monoisotopic (exact) mass is 197 g/mol. The summed E-state index contributed by atoms with van der Waals surface area (Å²) in [6, 6.07) is 0. The lowest BCUT2D eigenvalue weighted by Crippen LogP contribution is -1.86. The molecular formula is C9H11NO2S. The van der Waals surface area contributed by atoms with Crippen LogP contribution in [0.2, 0.25) is 0 Å². The van der Waals surface area contributed by atoms with E-state index in [9.17, 15) is 4.79 Å². The fourth-order valence-electron chi connectivity index (χ4n) is 0.913. The lowest BCUT2D eigenvalue weighted by molar-refractivity contribution is -0.131. The van der Waals surface area contributed by atoms with Crippen molar-refractivity contribution in [2.45, 2.75) is 19.8 Å². The van der Waals surface area contributed by atoms with E-state index in [0.717, 1.165) is 29.6 Å². The molecule has 3 nitrogen and oxygen atoms in total. The first-order chi connectivity index (χ1) is 6.22. The van der Waals surface area contributed by atoms with Gasteiger partial charge >= 0.3 is 5.97 Å². The second-order valence-corrected chi connectivity index (χ2v) is 3.49. The highest BCUT2D eigenvalue weighted by Crippen LogP contribution is 2.12. The molecule has 0 radical (unpaired) electrons. The molecule has 1 aromatic rings. The molecule has 0 unspecified atom stereocenters. The van der Waals surface area contributed by atoms with Crippen molar-refractivity contribution in [3.05, 3.63) is 22.2 Å². The number of rotatable bonds is 4. The zero-order chi connectivity index (χ0) is 9.68. The topological polar surface area (TPSA) is 50.2 Å². The Morgan fingerprint density at radius 3 is 3.15 bits per heavy atom. The molecule has 0 aliphatic heterocycles. The highest BCUT2D eigenvalue weighted by molar-refractivity contribution is 7.10. The van der Waals surface area contributed by atoms with Gasteiger partial charge in [0, 0.05) is 11.5 Å². The summed E-state index contributed by atoms with van der Waals surface area (Å²) >= 11 is 1.47. The van der Waals surface area contributed by atoms with E-state index in [0.29, 0.717) is 0 Å². The molecule has 4 heteroatoms. The van der Waals surface area contributed by atoms with Crippen molar-refractivity contribution < 1.29 is 9.90 Å². The van der Waals surface area contributed by atoms with E-state index in [-0.39, 0.29) is 0 Å². The van der Waals surface area contributed by atoms with Gasteiger partial charge in [-0.05, 0) is 12.5 Å². The molecule has 0 amide bonds. The maximum absolute atomic E-state index is 10.2. The van der Waals surface area contributed by atoms with Crippen LogP contribution in [0.25, 0.3) is 6.08 Å². The number of nitrogens with zero attached hydrogens (tertiary/aromatic N) is 1. The molecule has 0 spiro atoms. The standard InChI is InChI=1S/C9H11NO2S/c1-2-3-7-6-13-8(10-7)4-5-9(11)12/h4-6H,2-3H2,1H3,(H,11,12)/b5-4+. The van der Waals surface area contributed by atoms with Crippen molar-refractivity contribution in [1.29, 1.82) is 0 Å². The van der Waals surface area contributed by atoms with Crippen molar-refractivity contribution in [1.82, 2.24) is 4.98 Å². The molecule has 1 N–H and O–H groups in total. The quantitative estimate of drug-likeness (QED) is 0.753. The van der Waals surface area contributed by atoms with Gasteiger partial charge in [-0.15, -0.1) is 11.3 Å². The van der Waals surface area contributed by atoms with Gasteiger partial charge in [0.05, 0.1) is 5.69 Å². The molecule has 0 aliphatic carbocycles. The second kappa shape index (κ2) is 4.77. The first-order valence-electron chi connectivity index (χ1n) is 4.07. The zero-order valence-corrected chi connectivity index (χ0v) is 8.17. The van der Waals surface area contributed by atoms with Gasteiger partial charge in [0.2, 0.25) is 0 Å². The van der Waals surface area contributed by atoms with Gasteiger partial charge in [-0.2, -0.15) is 0 Å². The molecule has 1 aromatic heterocycles. The Kier molecular flexibility index (Phi) is 3.64. The summed E-state index contributed by atoms with van der Waals surface area (Å²) < 4.78 is 0. The minimum absolute atomic E-state index is 0.755. The Labute approximate surface area is 80.7 Å². The lowest BCUT2D eigenvalue weighted by Gasteiger charge is -1.86. The van der Waals surface area contributed by atoms with Gasteiger partial charge in [-0.3, -0.25) is 0 Å². The number of hydrogen-bond donors (Lipinski definition) is 1. The molecule has 0 saturated heterocycles. The fourth-order valence-corrected chi connectivity index (χ4v) is 1.66. The van der Waals surface area contributed by atoms with Crippen LogP contribution < -0.4 is 0 Å². The van der Waals surface area contributed by atoms with Crippen LogP contribution in [0.1, 0.15) is 24.0 Å². The molecule has 0 bridgehead atoms. The number of aryl methyl sites for hydroxylation is 1. The van der Waals surface area contributed by atoms with Gasteiger partial charge in [-0.1, -0.05) is 13.3 Å². The minimum Gasteiger partial charge on any atom is -0.478 e. The van der Waals surface area contributed by atoms with E-state index in [1.165, 1.54) is 17.4 Å². The van der Waals surface area contributed by atoms with Crippen LogP contribution >= 0.6 is 11.3 Å². The molecule has 1 rings (SSSR count). The summed E-state index contributed by atoms with van der Waals surface area (Å²) in [5, 5.41) is 11.1. The number of carbonyl (C=O) groups is 1. The molecule has 1 heterocycles. The molecule has 0 atom stereocenters. The molecule has 0 aromatic carbocycles. The van der Waals surface area contributed by atoms with E-state index in [2.05, 4.69) is 11.9 Å². The Hall–Kier alpha value is -1.16. The summed E-state index contributed by atoms with van der Waals surface area (Å²) in [6.07, 6.45) is 4.64. The molecular weight excluding hydrogens is 186 g/mol. The van der Waals surface area contributed by atoms with Crippen LogP contribution in [0.4, 0.5) is 0 Å². The summed E-state index contributed by atoms with van der Waals surface area (Å²) in [7, 11) is 0. The van der Waals surface area contributed by atoms with Crippen LogP contribution in [0, 0.1) is 0 Å². The minimum atomic E-state index is -0.938. The zero-order valence-electron chi connectivity index (χ0n) is 7.36. The van der Waals surface area contributed by atoms with E-state index in [1.54, 1.807) is 0 Å². The van der Waals surface area contributed by atoms with Gasteiger partial charge in [0.15, 0.2) is 0 Å². The fraction of sp³-hybridized carbons (Fsp3) is 0.333. The third-order valence-corrected chi connectivity index (χ3v) is 2.30. The maximum Gasteiger partial charge on any atom is 0.328 e. The Balaban J connectivity index is 2.63. The highest BCUT2D eigenvalue weighted by atomic mass is 32.1. The smallest absolute Gasteiger partial charge is 0.328 e. The number of hydrogen-bond acceptors (Lipinski definition) is 3. The highest BCUT2D eigenvalue weighted by Gasteiger charge is 1.97. The number of thiazole rings is 1. The molecule has 13 heavy (non-hydrogen) atoms. The third-order valence-electron chi connectivity index (χ3n) is 1.44. The largest absolute Gasteiger partial charge is 0.478 e. The maximum atomic E-state index is 10.2. The molecule has 70 valence electrons. The Morgan fingerprint density at radius 1 is 1.77 bits per heavy atom. The van der Waals surface area contributed by atoms with Crippen LogP contribution in [0.15, 0.2) is 11.5 Å². The Morgan fingerprint density at radius 2 is 2.54 bits per heavy atom. The normalized spacial score (nSPS) is 10.8. The molecule has 0 aliphatic rings. The van der Waals surface area contributed by atoms with Gasteiger partial charge in [-0.25, -0.2) is 9.78 Å². The van der Waals surface area contributed by atoms with E-state index in [4.69, 9.17) is 5.11 Å². The SMILES string of the molecule is CCCc1csc(/C=C/C(=O)O)n1. The first-order valence-corrected chi connectivity index (χ1v) is 4.95. The number of aliphatic carboxylic acids is 1. The van der Waals surface area contributed by atoms with Crippen molar-refractivity contribution >= 4 is 23.4 Å². The average Bonchev–Trinajstić information content (AvgIpc) is 2.50. The van der Waals surface area contributed by atoms with Gasteiger partial charge < -0.3 is 5.11 Å². The summed E-state index contributed by atoms with van der Waals surface area (Å²) in [6.45, 7) is 2.09. The third kappa shape index (κ3) is 3.38. The van der Waals surface area contributed by atoms with Crippen LogP contribution in [0.3, 0.4) is 0 Å². The van der Waals surface area contributed by atoms with Crippen LogP contribution in [-0.2, 0) is 11.2 Å². The predicted molar refractivity (Wildman–Crippen MR) is 52.8 cm³/mol. The second-order valence-electron chi connectivity index (χ2n) is 2.60. The van der Waals surface area contributed by atoms with Crippen molar-refractivity contribution in [3.8, 4) is 0 Å². The lowest BCUT2D eigenvalue weighted by atomic mass is 10.3. The van der Waals surface area contributed by atoms with Crippen molar-refractivity contribution in [3.63, 3.8) is 0 Å². The number of aromatic nitrogens is 1. The summed E-state index contributed by atoms with van der Waals surface area (Å²) in [4.78, 5) is 14.4. The van der Waals surface area contributed by atoms with Crippen molar-refractivity contribution in [2.24, 2.45) is 0 Å². The Bertz CT molecular complexity index is 317. The van der Waals surface area contributed by atoms with E-state index < -0.39 is 5.97 Å². The molecule has 0 fully saturated rings. The van der Waals surface area contributed by atoms with E-state index >= 15 is 0 Å². The summed E-state index contributed by atoms with van der Waals surface area (Å²) in [5.74, 6) is -0.938. The predicted octanol–water partition coefficient (Wildman–Crippen LogP) is 2.19. The van der Waals surface area contributed by atoms with Crippen LogP contribution in [-0.4, -0.2) is 16.1 Å². The van der Waals surface area contributed by atoms with Crippen molar-refractivity contribution in [2.75, 3.05) is 0 Å². The molecule has 0 saturated carbocycles. The van der Waals surface area contributed by atoms with Crippen LogP contribution in [0.5, 0.6) is 0 Å². The van der Waals surface area contributed by atoms with Gasteiger partial charge in [0.25, 0.3) is 0 Å². The number of carboxylic acid groups (broad SMARTS) is 1.